The summed E-state index contributed by atoms with van der Waals surface area (Å²) in [4.78, 5) is 42.9. The van der Waals surface area contributed by atoms with Gasteiger partial charge in [-0.3, -0.25) is 23.4 Å². The average Bonchev–Trinajstić information content (AvgIpc) is 2.71. The molecule has 0 saturated carbocycles. The zero-order valence-corrected chi connectivity index (χ0v) is 14.4. The van der Waals surface area contributed by atoms with Crippen molar-refractivity contribution in [1.82, 2.24) is 9.55 Å². The summed E-state index contributed by atoms with van der Waals surface area (Å²) >= 11 is 0. The van der Waals surface area contributed by atoms with Gasteiger partial charge in [-0.15, -0.1) is 0 Å². The molecule has 0 aliphatic carbocycles. The van der Waals surface area contributed by atoms with E-state index in [2.05, 4.69) is 8.83 Å². The summed E-state index contributed by atoms with van der Waals surface area (Å²) < 4.78 is 37.0. The van der Waals surface area contributed by atoms with Crippen LogP contribution in [-0.4, -0.2) is 61.1 Å². The first-order valence-corrected chi connectivity index (χ1v) is 10.2. The highest BCUT2D eigenvalue weighted by atomic mass is 31.3. The molecule has 5 N–H and O–H groups in total. The van der Waals surface area contributed by atoms with Gasteiger partial charge in [-0.2, -0.15) is 0 Å². The van der Waals surface area contributed by atoms with Gasteiger partial charge in [0.2, 0.25) is 0 Å². The fraction of sp³-hybridized carbons (Fsp3) is 0.600. The molecule has 1 aromatic rings. The number of aliphatic hydroxyl groups excluding tert-OH is 2. The third-order valence-electron chi connectivity index (χ3n) is 3.12. The Kier molecular flexibility index (Phi) is 5.84. The quantitative estimate of drug-likeness (QED) is 0.333. The van der Waals surface area contributed by atoms with E-state index in [1.54, 1.807) is 0 Å². The lowest BCUT2D eigenvalue weighted by Crippen LogP contribution is -2.37. The Bertz CT molecular complexity index is 829. The van der Waals surface area contributed by atoms with Crippen molar-refractivity contribution in [3.8, 4) is 0 Å². The van der Waals surface area contributed by atoms with E-state index in [1.165, 1.54) is 0 Å². The molecular weight excluding hydrogens is 386 g/mol. The first-order chi connectivity index (χ1) is 11.4. The number of phosphoric ester groups is 1. The molecule has 142 valence electrons. The number of aromatic nitrogens is 2. The number of ether oxygens (including phenoxy) is 1. The second-order valence-corrected chi connectivity index (χ2v) is 8.67. The largest absolute Gasteiger partial charge is 0.479 e. The summed E-state index contributed by atoms with van der Waals surface area (Å²) in [5, 5.41) is 19.9. The first kappa shape index (κ1) is 20.2. The fourth-order valence-electron chi connectivity index (χ4n) is 2.11. The van der Waals surface area contributed by atoms with Crippen molar-refractivity contribution < 1.29 is 42.7 Å². The minimum Gasteiger partial charge on any atom is -0.387 e. The maximum atomic E-state index is 11.7. The Morgan fingerprint density at radius 1 is 1.28 bits per heavy atom. The van der Waals surface area contributed by atoms with Crippen molar-refractivity contribution in [1.29, 1.82) is 0 Å². The molecular formula is C10H16N2O11P2. The molecule has 1 fully saturated rings. The third-order valence-corrected chi connectivity index (χ3v) is 5.63. The maximum absolute atomic E-state index is 11.7. The lowest BCUT2D eigenvalue weighted by Gasteiger charge is -2.18. The van der Waals surface area contributed by atoms with Crippen LogP contribution in [0.2, 0.25) is 0 Å². The smallest absolute Gasteiger partial charge is 0.387 e. The van der Waals surface area contributed by atoms with Crippen molar-refractivity contribution in [2.75, 3.05) is 13.3 Å². The van der Waals surface area contributed by atoms with E-state index >= 15 is 0 Å². The van der Waals surface area contributed by atoms with Crippen LogP contribution in [0.5, 0.6) is 0 Å². The van der Waals surface area contributed by atoms with Gasteiger partial charge < -0.3 is 24.7 Å². The molecule has 1 saturated heterocycles. The van der Waals surface area contributed by atoms with Crippen LogP contribution >= 0.6 is 15.4 Å². The van der Waals surface area contributed by atoms with Crippen LogP contribution in [-0.2, 0) is 22.7 Å². The summed E-state index contributed by atoms with van der Waals surface area (Å²) in [6.45, 7) is -0.122. The van der Waals surface area contributed by atoms with Crippen LogP contribution < -0.4 is 11.2 Å². The molecule has 1 aromatic heterocycles. The maximum Gasteiger partial charge on any atom is 0.479 e. The number of nitrogens with one attached hydrogen (secondary N) is 1. The van der Waals surface area contributed by atoms with Crippen LogP contribution in [0.25, 0.3) is 0 Å². The molecule has 15 heteroatoms. The zero-order valence-electron chi connectivity index (χ0n) is 12.7. The first-order valence-electron chi connectivity index (χ1n) is 6.72. The summed E-state index contributed by atoms with van der Waals surface area (Å²) in [6.07, 6.45) is -4.97. The lowest BCUT2D eigenvalue weighted by atomic mass is 10.1. The molecule has 2 heterocycles. The fourth-order valence-corrected chi connectivity index (χ4v) is 4.16. The van der Waals surface area contributed by atoms with Gasteiger partial charge in [-0.1, -0.05) is 0 Å². The molecule has 25 heavy (non-hydrogen) atoms. The number of aliphatic hydroxyl groups is 2. The number of hydrogen-bond donors (Lipinski definition) is 5. The van der Waals surface area contributed by atoms with Crippen LogP contribution in [0, 0.1) is 0 Å². The van der Waals surface area contributed by atoms with Gasteiger partial charge in [0.25, 0.3) is 5.56 Å². The third kappa shape index (κ3) is 5.17. The molecule has 0 aromatic carbocycles. The summed E-state index contributed by atoms with van der Waals surface area (Å²) in [6, 6.07) is 0.990. The number of aromatic amines is 1. The number of H-pyrrole nitrogens is 1. The standard InChI is InChI=1S/C10H16N2O11P2/c1-24(17,18)23-25(19,20)21-4-5-7(14)8(15)9(22-5)12-3-2-6(13)11-10(12)16/h2-3,5,7-9,14-15H,4H2,1H3,(H,17,18)(H,19,20)(H,11,13,16)/t5-,7+,8?,9-/m1/s1. The van der Waals surface area contributed by atoms with Crippen molar-refractivity contribution >= 4 is 15.4 Å². The van der Waals surface area contributed by atoms with Crippen LogP contribution in [0.15, 0.2) is 21.9 Å². The van der Waals surface area contributed by atoms with Crippen LogP contribution in [0.1, 0.15) is 6.23 Å². The van der Waals surface area contributed by atoms with E-state index in [4.69, 9.17) is 9.63 Å². The van der Waals surface area contributed by atoms with Gasteiger partial charge >= 0.3 is 21.1 Å². The van der Waals surface area contributed by atoms with Gasteiger partial charge in [0.1, 0.15) is 18.3 Å². The van der Waals surface area contributed by atoms with E-state index < -0.39 is 57.8 Å². The predicted octanol–water partition coefficient (Wildman–Crippen LogP) is -1.90. The van der Waals surface area contributed by atoms with Gasteiger partial charge in [-0.25, -0.2) is 13.7 Å². The Morgan fingerprint density at radius 3 is 2.48 bits per heavy atom. The highest BCUT2D eigenvalue weighted by Gasteiger charge is 2.45. The molecule has 1 aliphatic heterocycles. The Morgan fingerprint density at radius 2 is 1.92 bits per heavy atom. The highest BCUT2D eigenvalue weighted by Crippen LogP contribution is 2.58. The van der Waals surface area contributed by atoms with Gasteiger partial charge in [-0.05, 0) is 0 Å². The van der Waals surface area contributed by atoms with Crippen molar-refractivity contribution in [2.45, 2.75) is 24.5 Å². The van der Waals surface area contributed by atoms with E-state index in [0.29, 0.717) is 6.66 Å². The van der Waals surface area contributed by atoms with E-state index in [1.807, 2.05) is 4.98 Å². The zero-order chi connectivity index (χ0) is 19.0. The minimum atomic E-state index is -4.92. The van der Waals surface area contributed by atoms with E-state index in [9.17, 15) is 33.8 Å². The Balaban J connectivity index is 2.09. The number of hydrogen-bond acceptors (Lipinski definition) is 9. The van der Waals surface area contributed by atoms with E-state index in [0.717, 1.165) is 16.8 Å². The van der Waals surface area contributed by atoms with Crippen molar-refractivity contribution in [3.05, 3.63) is 33.1 Å². The minimum absolute atomic E-state index is 0.669. The highest BCUT2D eigenvalue weighted by molar-refractivity contribution is 7.63. The van der Waals surface area contributed by atoms with Crippen LogP contribution in [0.4, 0.5) is 0 Å². The van der Waals surface area contributed by atoms with Gasteiger partial charge in [0, 0.05) is 18.9 Å². The molecule has 6 atom stereocenters. The second-order valence-electron chi connectivity index (χ2n) is 5.21. The topological polar surface area (TPSA) is 198 Å². The molecule has 0 bridgehead atoms. The molecule has 0 radical (unpaired) electrons. The summed E-state index contributed by atoms with van der Waals surface area (Å²) in [5.41, 5.74) is -1.59. The van der Waals surface area contributed by atoms with Gasteiger partial charge in [0.05, 0.1) is 6.61 Å². The Hall–Kier alpha value is -1.14. The van der Waals surface area contributed by atoms with Crippen LogP contribution in [0.3, 0.4) is 0 Å². The molecule has 2 rings (SSSR count). The van der Waals surface area contributed by atoms with E-state index in [-0.39, 0.29) is 0 Å². The monoisotopic (exact) mass is 402 g/mol. The molecule has 1 aliphatic rings. The lowest BCUT2D eigenvalue weighted by molar-refractivity contribution is -0.0541. The predicted molar refractivity (Wildman–Crippen MR) is 79.9 cm³/mol. The molecule has 0 amide bonds. The average molecular weight is 402 g/mol. The SMILES string of the molecule is CP(=O)(O)OP(=O)(O)OC[C@H]1O[C@@H](n2ccc(=O)[nH]c2=O)C(O)[C@H]1O. The second kappa shape index (κ2) is 7.23. The Labute approximate surface area is 139 Å². The number of phosphoric acid groups is 1. The number of nitrogens with zero attached hydrogens (tertiary/aromatic N) is 1. The van der Waals surface area contributed by atoms with Gasteiger partial charge in [0.15, 0.2) is 6.23 Å². The molecule has 3 unspecified atom stereocenters. The number of rotatable bonds is 6. The van der Waals surface area contributed by atoms with Crippen molar-refractivity contribution in [2.24, 2.45) is 0 Å². The molecule has 0 spiro atoms. The normalized spacial score (nSPS) is 31.4. The molecule has 13 nitrogen and oxygen atoms in total. The summed E-state index contributed by atoms with van der Waals surface area (Å²) in [7, 11) is -9.24. The van der Waals surface area contributed by atoms with Crippen molar-refractivity contribution in [3.63, 3.8) is 0 Å². The summed E-state index contributed by atoms with van der Waals surface area (Å²) in [5.74, 6) is 0.